The molecule has 36 heavy (non-hydrogen) atoms. The molecule has 0 radical (unpaired) electrons. The van der Waals surface area contributed by atoms with E-state index in [1.165, 1.54) is 15.7 Å². The van der Waals surface area contributed by atoms with Crippen molar-refractivity contribution in [2.45, 2.75) is 39.2 Å². The number of rotatable bonds is 7. The third kappa shape index (κ3) is 4.99. The summed E-state index contributed by atoms with van der Waals surface area (Å²) in [5, 5.41) is 3.43. The van der Waals surface area contributed by atoms with Crippen molar-refractivity contribution in [3.05, 3.63) is 65.5 Å². The van der Waals surface area contributed by atoms with Crippen LogP contribution in [-0.2, 0) is 11.2 Å². The topological polar surface area (TPSA) is 81.0 Å². The number of imidazole rings is 1. The van der Waals surface area contributed by atoms with E-state index >= 15 is 0 Å². The Bertz CT molecular complexity index is 1370. The fourth-order valence-corrected chi connectivity index (χ4v) is 4.45. The normalized spacial score (nSPS) is 14.6. The third-order valence-corrected chi connectivity index (χ3v) is 6.23. The van der Waals surface area contributed by atoms with Crippen molar-refractivity contribution in [2.24, 2.45) is 0 Å². The molecule has 0 unspecified atom stereocenters. The summed E-state index contributed by atoms with van der Waals surface area (Å²) in [7, 11) is 0. The van der Waals surface area contributed by atoms with Gasteiger partial charge in [0.2, 0.25) is 17.8 Å². The number of para-hydroxylation sites is 2. The molecule has 1 fully saturated rings. The lowest BCUT2D eigenvalue weighted by Crippen LogP contribution is -2.39. The highest BCUT2D eigenvalue weighted by atomic mass is 19.3. The van der Waals surface area contributed by atoms with Gasteiger partial charge in [0.1, 0.15) is 0 Å². The number of nitrogens with zero attached hydrogens (tertiary/aromatic N) is 6. The van der Waals surface area contributed by atoms with Crippen LogP contribution in [0, 0.1) is 6.92 Å². The smallest absolute Gasteiger partial charge is 0.296 e. The summed E-state index contributed by atoms with van der Waals surface area (Å²) in [5.41, 5.74) is 2.95. The van der Waals surface area contributed by atoms with E-state index in [2.05, 4.69) is 58.2 Å². The molecule has 0 saturated carbocycles. The maximum atomic E-state index is 14.1. The molecule has 0 amide bonds. The van der Waals surface area contributed by atoms with Gasteiger partial charge in [-0.15, -0.1) is 0 Å². The van der Waals surface area contributed by atoms with Crippen LogP contribution in [0.1, 0.15) is 37.2 Å². The molecule has 1 N–H and O–H groups in total. The molecule has 8 nitrogen and oxygen atoms in total. The number of hydrogen-bond donors (Lipinski definition) is 1. The Morgan fingerprint density at radius 2 is 1.64 bits per heavy atom. The predicted octanol–water partition coefficient (Wildman–Crippen LogP) is 4.73. The summed E-state index contributed by atoms with van der Waals surface area (Å²) in [5.74, 6) is 0.429. The quantitative estimate of drug-likeness (QED) is 0.399. The Morgan fingerprint density at radius 1 is 0.944 bits per heavy atom. The van der Waals surface area contributed by atoms with Gasteiger partial charge in [-0.3, -0.25) is 4.57 Å². The summed E-state index contributed by atoms with van der Waals surface area (Å²) in [6.07, 6.45) is -2.07. The number of benzene rings is 2. The molecule has 0 bridgehead atoms. The largest absolute Gasteiger partial charge is 0.378 e. The van der Waals surface area contributed by atoms with E-state index in [-0.39, 0.29) is 5.95 Å². The molecule has 1 saturated heterocycles. The second kappa shape index (κ2) is 9.77. The number of halogens is 2. The van der Waals surface area contributed by atoms with Gasteiger partial charge in [0, 0.05) is 18.6 Å². The molecule has 4 aromatic rings. The van der Waals surface area contributed by atoms with Gasteiger partial charge in [-0.2, -0.15) is 15.0 Å². The molecular formula is C26H29F2N7O. The molecular weight excluding hydrogens is 464 g/mol. The van der Waals surface area contributed by atoms with E-state index in [4.69, 9.17) is 4.74 Å². The lowest BCUT2D eigenvalue weighted by atomic mass is 9.92. The van der Waals surface area contributed by atoms with Gasteiger partial charge in [0.05, 0.1) is 24.2 Å². The Kier molecular flexibility index (Phi) is 6.53. The first-order valence-corrected chi connectivity index (χ1v) is 12.0. The van der Waals surface area contributed by atoms with Crippen LogP contribution in [0.3, 0.4) is 0 Å². The maximum Gasteiger partial charge on any atom is 0.296 e. The molecule has 1 aliphatic rings. The number of hydrogen-bond acceptors (Lipinski definition) is 7. The van der Waals surface area contributed by atoms with Crippen LogP contribution in [0.2, 0.25) is 0 Å². The third-order valence-electron chi connectivity index (χ3n) is 6.23. The van der Waals surface area contributed by atoms with Crippen molar-refractivity contribution in [1.82, 2.24) is 24.5 Å². The van der Waals surface area contributed by atoms with Gasteiger partial charge in [-0.05, 0) is 50.5 Å². The lowest BCUT2D eigenvalue weighted by molar-refractivity contribution is 0.122. The highest BCUT2D eigenvalue weighted by molar-refractivity contribution is 5.77. The summed E-state index contributed by atoms with van der Waals surface area (Å²) in [6, 6.07) is 15.2. The number of aromatic nitrogens is 5. The number of aryl methyl sites for hydroxylation is 1. The zero-order valence-corrected chi connectivity index (χ0v) is 20.6. The minimum Gasteiger partial charge on any atom is -0.378 e. The van der Waals surface area contributed by atoms with Crippen molar-refractivity contribution >= 4 is 22.9 Å². The first-order valence-electron chi connectivity index (χ1n) is 12.0. The minimum atomic E-state index is -2.80. The molecule has 1 aliphatic heterocycles. The fourth-order valence-electron chi connectivity index (χ4n) is 4.45. The van der Waals surface area contributed by atoms with E-state index in [9.17, 15) is 8.78 Å². The number of ether oxygens (including phenoxy) is 1. The number of nitrogens with one attached hydrogen (secondary N) is 1. The van der Waals surface area contributed by atoms with Gasteiger partial charge in [-0.1, -0.05) is 36.4 Å². The number of alkyl halides is 2. The molecule has 0 atom stereocenters. The maximum absolute atomic E-state index is 14.1. The minimum absolute atomic E-state index is 0.102. The van der Waals surface area contributed by atoms with E-state index < -0.39 is 17.8 Å². The van der Waals surface area contributed by atoms with Crippen molar-refractivity contribution in [3.8, 4) is 5.95 Å². The Balaban J connectivity index is 1.59. The molecule has 188 valence electrons. The van der Waals surface area contributed by atoms with Gasteiger partial charge in [0.25, 0.3) is 6.43 Å². The molecule has 0 aliphatic carbocycles. The van der Waals surface area contributed by atoms with Crippen LogP contribution >= 0.6 is 0 Å². The van der Waals surface area contributed by atoms with Crippen molar-refractivity contribution in [3.63, 3.8) is 0 Å². The molecule has 2 aromatic carbocycles. The zero-order valence-electron chi connectivity index (χ0n) is 20.6. The van der Waals surface area contributed by atoms with Crippen LogP contribution in [0.25, 0.3) is 17.0 Å². The summed E-state index contributed by atoms with van der Waals surface area (Å²) >= 11 is 0. The summed E-state index contributed by atoms with van der Waals surface area (Å²) < 4.78 is 34.9. The molecule has 10 heteroatoms. The van der Waals surface area contributed by atoms with Crippen LogP contribution in [0.4, 0.5) is 20.7 Å². The summed E-state index contributed by atoms with van der Waals surface area (Å²) in [4.78, 5) is 20.1. The highest BCUT2D eigenvalue weighted by Gasteiger charge is 2.26. The summed E-state index contributed by atoms with van der Waals surface area (Å²) in [6.45, 7) is 8.49. The Morgan fingerprint density at radius 3 is 2.39 bits per heavy atom. The van der Waals surface area contributed by atoms with Gasteiger partial charge in [0.15, 0.2) is 5.82 Å². The highest BCUT2D eigenvalue weighted by Crippen LogP contribution is 2.28. The molecule has 0 spiro atoms. The average Bonchev–Trinajstić information content (AvgIpc) is 3.26. The van der Waals surface area contributed by atoms with Gasteiger partial charge < -0.3 is 15.0 Å². The van der Waals surface area contributed by atoms with Crippen molar-refractivity contribution in [2.75, 3.05) is 36.5 Å². The first-order chi connectivity index (χ1) is 17.3. The monoisotopic (exact) mass is 493 g/mol. The van der Waals surface area contributed by atoms with Crippen molar-refractivity contribution in [1.29, 1.82) is 0 Å². The fraction of sp³-hybridized carbons (Fsp3) is 0.385. The lowest BCUT2D eigenvalue weighted by Gasteiger charge is -2.30. The van der Waals surface area contributed by atoms with Crippen LogP contribution in [0.5, 0.6) is 0 Å². The van der Waals surface area contributed by atoms with Crippen LogP contribution in [0.15, 0.2) is 48.5 Å². The van der Waals surface area contributed by atoms with Gasteiger partial charge in [-0.25, -0.2) is 13.8 Å². The van der Waals surface area contributed by atoms with E-state index in [0.29, 0.717) is 49.2 Å². The van der Waals surface area contributed by atoms with E-state index in [1.54, 1.807) is 24.3 Å². The van der Waals surface area contributed by atoms with Crippen molar-refractivity contribution < 1.29 is 13.5 Å². The first kappa shape index (κ1) is 24.1. The Hall–Kier alpha value is -3.66. The second-order valence-corrected chi connectivity index (χ2v) is 9.57. The van der Waals surface area contributed by atoms with Crippen LogP contribution < -0.4 is 10.2 Å². The van der Waals surface area contributed by atoms with Gasteiger partial charge >= 0.3 is 0 Å². The van der Waals surface area contributed by atoms with Crippen LogP contribution in [-0.4, -0.2) is 56.3 Å². The molecule has 5 rings (SSSR count). The second-order valence-electron chi connectivity index (χ2n) is 9.57. The Labute approximate surface area is 208 Å². The molecule has 2 aromatic heterocycles. The SMILES string of the molecule is Cc1ccccc1CC(C)(C)Nc1nc(N2CCOCC2)nc(-n2c(C(F)F)nc3ccccc32)n1. The number of morpholine rings is 1. The average molecular weight is 494 g/mol. The molecule has 3 heterocycles. The van der Waals surface area contributed by atoms with E-state index in [1.807, 2.05) is 17.0 Å². The number of fused-ring (bicyclic) bond motifs is 1. The predicted molar refractivity (Wildman–Crippen MR) is 135 cm³/mol. The standard InChI is InChI=1S/C26H29F2N7O/c1-17-8-4-5-9-18(17)16-26(2,3)33-23-30-24(34-12-14-36-15-13-34)32-25(31-23)35-20-11-7-6-10-19(20)29-22(35)21(27)28/h4-11,21H,12-16H2,1-3H3,(H,30,31,32,33). The van der Waals surface area contributed by atoms with E-state index in [0.717, 1.165) is 6.42 Å². The zero-order chi connectivity index (χ0) is 25.3. The number of anilines is 2.